The van der Waals surface area contributed by atoms with Gasteiger partial charge in [0.1, 0.15) is 0 Å². The van der Waals surface area contributed by atoms with Crippen LogP contribution in [0.25, 0.3) is 10.6 Å². The Morgan fingerprint density at radius 3 is 0.645 bits per heavy atom. The van der Waals surface area contributed by atoms with Gasteiger partial charge in [0.05, 0.1) is 0 Å². The molecule has 31 heavy (non-hydrogen) atoms. The molecule has 0 atom stereocenters. The average Bonchev–Trinajstić information content (AvgIpc) is 3.01. The van der Waals surface area contributed by atoms with Crippen molar-refractivity contribution in [3.05, 3.63) is 66.3 Å². The Morgan fingerprint density at radius 1 is 0.452 bits per heavy atom. The van der Waals surface area contributed by atoms with Crippen LogP contribution >= 0.6 is 0 Å². The molecule has 0 N–H and O–H groups in total. The first-order valence-electron chi connectivity index (χ1n) is 11.6. The predicted molar refractivity (Wildman–Crippen MR) is 140 cm³/mol. The largest absolute Gasteiger partial charge is 4.00 e. The van der Waals surface area contributed by atoms with E-state index in [0.29, 0.717) is 0 Å². The molecule has 3 heteroatoms. The SMILES string of the molecule is CC[N-]CC.CC[N-]CC.Cc1c(C)c(C)[c-](C)c1C.Cc1c(C)c(C)[c-](C)c1C.[Mo+4]. The van der Waals surface area contributed by atoms with Crippen LogP contribution in [0.4, 0.5) is 0 Å². The van der Waals surface area contributed by atoms with Gasteiger partial charge in [-0.15, -0.1) is 0 Å². The Balaban J connectivity index is -0.000000353. The Hall–Kier alpha value is -0.692. The van der Waals surface area contributed by atoms with E-state index in [1.54, 1.807) is 0 Å². The molecule has 0 aliphatic rings. The van der Waals surface area contributed by atoms with Gasteiger partial charge in [0.15, 0.2) is 0 Å². The molecule has 0 amide bonds. The summed E-state index contributed by atoms with van der Waals surface area (Å²) in [6.45, 7) is 34.0. The maximum atomic E-state index is 3.97. The molecule has 0 aromatic heterocycles. The molecule has 0 aliphatic carbocycles. The fourth-order valence-electron chi connectivity index (χ4n) is 3.26. The zero-order valence-electron chi connectivity index (χ0n) is 23.1. The van der Waals surface area contributed by atoms with E-state index >= 15 is 0 Å². The van der Waals surface area contributed by atoms with E-state index in [4.69, 9.17) is 0 Å². The monoisotopic (exact) mass is 512 g/mol. The normalized spacial score (nSPS) is 9.48. The summed E-state index contributed by atoms with van der Waals surface area (Å²) in [5.74, 6) is 0. The Kier molecular flexibility index (Phi) is 21.2. The summed E-state index contributed by atoms with van der Waals surface area (Å²) in [5, 5.41) is 7.94. The number of nitrogens with zero attached hydrogens (tertiary/aromatic N) is 2. The van der Waals surface area contributed by atoms with Crippen LogP contribution in [0.3, 0.4) is 0 Å². The van der Waals surface area contributed by atoms with Crippen molar-refractivity contribution >= 4 is 0 Å². The van der Waals surface area contributed by atoms with Gasteiger partial charge in [-0.2, -0.15) is 81.8 Å². The smallest absolute Gasteiger partial charge is 0.663 e. The molecular weight excluding hydrogens is 460 g/mol. The third-order valence-corrected chi connectivity index (χ3v) is 6.52. The van der Waals surface area contributed by atoms with Crippen molar-refractivity contribution in [3.8, 4) is 0 Å². The van der Waals surface area contributed by atoms with Gasteiger partial charge >= 0.3 is 21.1 Å². The third kappa shape index (κ3) is 11.7. The van der Waals surface area contributed by atoms with E-state index in [9.17, 15) is 0 Å². The molecule has 0 saturated carbocycles. The van der Waals surface area contributed by atoms with Crippen LogP contribution in [-0.4, -0.2) is 26.2 Å². The first-order valence-corrected chi connectivity index (χ1v) is 11.6. The van der Waals surface area contributed by atoms with Crippen molar-refractivity contribution in [2.45, 2.75) is 96.9 Å². The van der Waals surface area contributed by atoms with Gasteiger partial charge in [0, 0.05) is 0 Å². The van der Waals surface area contributed by atoms with Crippen LogP contribution in [0.15, 0.2) is 0 Å². The van der Waals surface area contributed by atoms with Crippen molar-refractivity contribution in [2.24, 2.45) is 0 Å². The zero-order valence-corrected chi connectivity index (χ0v) is 25.1. The molecule has 0 spiro atoms. The molecule has 2 aromatic rings. The standard InChI is InChI=1S/2C10H15.2C4H10N.Mo/c2*1-6-7(2)9(4)10(5)8(6)3;2*1-3-5-4-2;/h2*1-5H3;2*3-4H2,1-2H3;/q4*-1;+4. The van der Waals surface area contributed by atoms with E-state index in [1.165, 1.54) is 55.6 Å². The Morgan fingerprint density at radius 2 is 0.613 bits per heavy atom. The van der Waals surface area contributed by atoms with Crippen LogP contribution < -0.4 is 0 Å². The maximum Gasteiger partial charge on any atom is 4.00 e. The summed E-state index contributed by atoms with van der Waals surface area (Å²) in [6.07, 6.45) is 0. The molecule has 0 unspecified atom stereocenters. The van der Waals surface area contributed by atoms with Gasteiger partial charge in [-0.1, -0.05) is 96.9 Å². The Labute approximate surface area is 210 Å². The van der Waals surface area contributed by atoms with Gasteiger partial charge in [0.2, 0.25) is 0 Å². The molecule has 2 nitrogen and oxygen atoms in total. The minimum Gasteiger partial charge on any atom is -0.663 e. The predicted octanol–water partition coefficient (Wildman–Crippen LogP) is 8.69. The van der Waals surface area contributed by atoms with Crippen molar-refractivity contribution in [2.75, 3.05) is 26.2 Å². The molecule has 2 aromatic carbocycles. The van der Waals surface area contributed by atoms with Crippen molar-refractivity contribution in [1.82, 2.24) is 0 Å². The maximum absolute atomic E-state index is 3.97. The first kappa shape index (κ1) is 34.9. The molecule has 0 aliphatic heterocycles. The molecule has 0 bridgehead atoms. The summed E-state index contributed by atoms with van der Waals surface area (Å²) < 4.78 is 0. The second-order valence-electron chi connectivity index (χ2n) is 7.96. The molecule has 0 radical (unpaired) electrons. The van der Waals surface area contributed by atoms with Crippen LogP contribution in [-0.2, 0) is 21.1 Å². The molecular formula is C28H50MoN2. The second kappa shape index (κ2) is 18.8. The molecule has 2 rings (SSSR count). The van der Waals surface area contributed by atoms with E-state index in [2.05, 4.69) is 79.9 Å². The molecule has 0 fully saturated rings. The summed E-state index contributed by atoms with van der Waals surface area (Å²) in [6, 6.07) is 0. The van der Waals surface area contributed by atoms with Gasteiger partial charge < -0.3 is 10.6 Å². The van der Waals surface area contributed by atoms with Crippen LogP contribution in [0.2, 0.25) is 0 Å². The van der Waals surface area contributed by atoms with Gasteiger partial charge in [-0.05, 0) is 0 Å². The van der Waals surface area contributed by atoms with Crippen molar-refractivity contribution in [3.63, 3.8) is 0 Å². The summed E-state index contributed by atoms with van der Waals surface area (Å²) in [7, 11) is 0. The number of hydrogen-bond acceptors (Lipinski definition) is 0. The fourth-order valence-corrected chi connectivity index (χ4v) is 3.26. The third-order valence-electron chi connectivity index (χ3n) is 6.52. The average molecular weight is 511 g/mol. The van der Waals surface area contributed by atoms with Gasteiger partial charge in [-0.3, -0.25) is 0 Å². The Bertz CT molecular complexity index is 494. The second-order valence-corrected chi connectivity index (χ2v) is 7.96. The molecule has 0 heterocycles. The number of hydrogen-bond donors (Lipinski definition) is 0. The van der Waals surface area contributed by atoms with Gasteiger partial charge in [0.25, 0.3) is 0 Å². The fraction of sp³-hybridized carbons (Fsp3) is 0.643. The van der Waals surface area contributed by atoms with Crippen LogP contribution in [0.5, 0.6) is 0 Å². The minimum absolute atomic E-state index is 0. The number of rotatable bonds is 4. The van der Waals surface area contributed by atoms with E-state index in [0.717, 1.165) is 26.2 Å². The summed E-state index contributed by atoms with van der Waals surface area (Å²) >= 11 is 0. The summed E-state index contributed by atoms with van der Waals surface area (Å²) in [4.78, 5) is 0. The quantitative estimate of drug-likeness (QED) is 0.291. The van der Waals surface area contributed by atoms with Crippen molar-refractivity contribution < 1.29 is 21.1 Å². The summed E-state index contributed by atoms with van der Waals surface area (Å²) in [5.41, 5.74) is 14.7. The first-order chi connectivity index (χ1) is 13.9. The van der Waals surface area contributed by atoms with Crippen LogP contribution in [0, 0.1) is 69.2 Å². The molecule has 0 saturated heterocycles. The van der Waals surface area contributed by atoms with E-state index in [-0.39, 0.29) is 21.1 Å². The topological polar surface area (TPSA) is 28.2 Å². The zero-order chi connectivity index (χ0) is 24.0. The molecule has 178 valence electrons. The van der Waals surface area contributed by atoms with Crippen LogP contribution in [0.1, 0.15) is 83.3 Å². The van der Waals surface area contributed by atoms with Crippen molar-refractivity contribution in [1.29, 1.82) is 0 Å². The van der Waals surface area contributed by atoms with E-state index < -0.39 is 0 Å². The minimum atomic E-state index is 0. The van der Waals surface area contributed by atoms with Gasteiger partial charge in [-0.25, -0.2) is 0 Å². The van der Waals surface area contributed by atoms with E-state index in [1.807, 2.05) is 27.7 Å².